The number of hydrogen-bond acceptors (Lipinski definition) is 6. The highest BCUT2D eigenvalue weighted by molar-refractivity contribution is 6.32. The maximum Gasteiger partial charge on any atom is 0.422 e. The van der Waals surface area contributed by atoms with Gasteiger partial charge in [0.2, 0.25) is 5.88 Å². The average molecular weight is 538 g/mol. The molecule has 3 aromatic rings. The van der Waals surface area contributed by atoms with Gasteiger partial charge in [0, 0.05) is 23.7 Å². The van der Waals surface area contributed by atoms with Gasteiger partial charge >= 0.3 is 6.18 Å². The SMILES string of the molecule is Cc1cc2cn[nH]c2c(C(=O)NC(C)C)c1NC(=O)c1cc(OCC(F)(F)F)nn1C1=NC=CCC1Cl. The van der Waals surface area contributed by atoms with Gasteiger partial charge in [-0.15, -0.1) is 16.7 Å². The van der Waals surface area contributed by atoms with Gasteiger partial charge in [0.1, 0.15) is 11.5 Å². The molecule has 1 aromatic carbocycles. The van der Waals surface area contributed by atoms with E-state index in [4.69, 9.17) is 16.3 Å². The van der Waals surface area contributed by atoms with Crippen molar-refractivity contribution in [2.45, 2.75) is 44.8 Å². The summed E-state index contributed by atoms with van der Waals surface area (Å²) in [5.41, 5.74) is 1.13. The molecule has 0 saturated heterocycles. The van der Waals surface area contributed by atoms with E-state index < -0.39 is 35.9 Å². The third kappa shape index (κ3) is 5.77. The van der Waals surface area contributed by atoms with Crippen molar-refractivity contribution in [3.63, 3.8) is 0 Å². The van der Waals surface area contributed by atoms with Crippen LogP contribution in [0.4, 0.5) is 18.9 Å². The molecule has 0 fully saturated rings. The molecule has 14 heteroatoms. The van der Waals surface area contributed by atoms with Gasteiger partial charge in [-0.1, -0.05) is 6.08 Å². The summed E-state index contributed by atoms with van der Waals surface area (Å²) in [7, 11) is 0. The predicted octanol–water partition coefficient (Wildman–Crippen LogP) is 4.17. The Kier molecular flexibility index (Phi) is 7.25. The number of carbonyl (C=O) groups is 2. The molecule has 3 N–H and O–H groups in total. The number of ether oxygens (including phenoxy) is 1. The fourth-order valence-electron chi connectivity index (χ4n) is 3.74. The van der Waals surface area contributed by atoms with Crippen LogP contribution in [0.3, 0.4) is 0 Å². The zero-order chi connectivity index (χ0) is 26.9. The van der Waals surface area contributed by atoms with E-state index in [-0.39, 0.29) is 28.8 Å². The summed E-state index contributed by atoms with van der Waals surface area (Å²) < 4.78 is 44.0. The maximum atomic E-state index is 13.5. The van der Waals surface area contributed by atoms with Crippen LogP contribution in [-0.4, -0.2) is 61.8 Å². The van der Waals surface area contributed by atoms with Gasteiger partial charge in [0.25, 0.3) is 11.8 Å². The van der Waals surface area contributed by atoms with Gasteiger partial charge < -0.3 is 15.4 Å². The van der Waals surface area contributed by atoms with Gasteiger partial charge in [-0.05, 0) is 38.8 Å². The number of nitrogens with zero attached hydrogens (tertiary/aromatic N) is 4. The minimum Gasteiger partial charge on any atom is -0.467 e. The van der Waals surface area contributed by atoms with Crippen LogP contribution in [-0.2, 0) is 0 Å². The van der Waals surface area contributed by atoms with Crippen LogP contribution in [0.15, 0.2) is 35.6 Å². The van der Waals surface area contributed by atoms with Crippen molar-refractivity contribution in [1.82, 2.24) is 25.3 Å². The van der Waals surface area contributed by atoms with E-state index in [1.165, 1.54) is 6.20 Å². The second kappa shape index (κ2) is 10.2. The normalized spacial score (nSPS) is 15.7. The Morgan fingerprint density at radius 2 is 2.05 bits per heavy atom. The Morgan fingerprint density at radius 3 is 2.73 bits per heavy atom. The van der Waals surface area contributed by atoms with Crippen molar-refractivity contribution >= 4 is 45.8 Å². The number of aromatic amines is 1. The lowest BCUT2D eigenvalue weighted by Gasteiger charge is -2.18. The number of carbonyl (C=O) groups excluding carboxylic acids is 2. The number of anilines is 1. The largest absolute Gasteiger partial charge is 0.467 e. The zero-order valence-electron chi connectivity index (χ0n) is 20.0. The lowest BCUT2D eigenvalue weighted by atomic mass is 10.0. The Hall–Kier alpha value is -3.87. The van der Waals surface area contributed by atoms with E-state index in [0.717, 1.165) is 10.7 Å². The van der Waals surface area contributed by atoms with Gasteiger partial charge in [-0.3, -0.25) is 14.7 Å². The molecular weight excluding hydrogens is 515 g/mol. The van der Waals surface area contributed by atoms with E-state index in [9.17, 15) is 22.8 Å². The first kappa shape index (κ1) is 26.2. The molecule has 10 nitrogen and oxygen atoms in total. The molecule has 196 valence electrons. The monoisotopic (exact) mass is 537 g/mol. The number of alkyl halides is 4. The topological polar surface area (TPSA) is 126 Å². The summed E-state index contributed by atoms with van der Waals surface area (Å²) in [5, 5.41) is 16.2. The number of allylic oxidation sites excluding steroid dienone is 1. The van der Waals surface area contributed by atoms with E-state index in [1.807, 2.05) is 0 Å². The average Bonchev–Trinajstić information content (AvgIpc) is 3.44. The molecule has 0 bridgehead atoms. The first-order chi connectivity index (χ1) is 17.4. The number of H-pyrrole nitrogens is 1. The number of rotatable bonds is 6. The Morgan fingerprint density at radius 1 is 1.30 bits per heavy atom. The number of halogens is 4. The lowest BCUT2D eigenvalue weighted by molar-refractivity contribution is -0.154. The van der Waals surface area contributed by atoms with Crippen LogP contribution in [0.25, 0.3) is 10.9 Å². The molecule has 1 unspecified atom stereocenters. The second-order valence-electron chi connectivity index (χ2n) is 8.62. The van der Waals surface area contributed by atoms with Gasteiger partial charge in [-0.2, -0.15) is 18.3 Å². The van der Waals surface area contributed by atoms with E-state index >= 15 is 0 Å². The first-order valence-electron chi connectivity index (χ1n) is 11.2. The Bertz CT molecular complexity index is 1410. The highest BCUT2D eigenvalue weighted by Gasteiger charge is 2.31. The minimum atomic E-state index is -4.61. The molecule has 0 aliphatic carbocycles. The molecule has 0 radical (unpaired) electrons. The summed E-state index contributed by atoms with van der Waals surface area (Å²) in [4.78, 5) is 30.8. The molecule has 1 atom stereocenters. The van der Waals surface area contributed by atoms with Crippen LogP contribution >= 0.6 is 11.6 Å². The summed E-state index contributed by atoms with van der Waals surface area (Å²) in [6.45, 7) is 3.68. The van der Waals surface area contributed by atoms with Gasteiger partial charge in [0.05, 0.1) is 28.3 Å². The Labute approximate surface area is 213 Å². The predicted molar refractivity (Wildman–Crippen MR) is 131 cm³/mol. The van der Waals surface area contributed by atoms with Gasteiger partial charge in [0.15, 0.2) is 6.61 Å². The molecule has 1 aliphatic rings. The third-order valence-electron chi connectivity index (χ3n) is 5.28. The smallest absolute Gasteiger partial charge is 0.422 e. The van der Waals surface area contributed by atoms with E-state index in [1.54, 1.807) is 39.1 Å². The standard InChI is InChI=1S/C23H23ClF3N7O3/c1-11(2)30-22(36)17-18(12(3)7-13-9-29-32-19(13)17)31-21(35)15-8-16(37-10-23(25,26)27)33-34(15)20-14(24)5-4-6-28-20/h4,6-9,11,14H,5,10H2,1-3H3,(H,29,32)(H,30,36)(H,31,35). The van der Waals surface area contributed by atoms with Crippen molar-refractivity contribution in [1.29, 1.82) is 0 Å². The van der Waals surface area contributed by atoms with Crippen LogP contribution in [0.2, 0.25) is 0 Å². The number of amides is 2. The number of hydrogen-bond donors (Lipinski definition) is 3. The van der Waals surface area contributed by atoms with Crippen LogP contribution in [0.1, 0.15) is 46.7 Å². The molecule has 2 aromatic heterocycles. The lowest BCUT2D eigenvalue weighted by Crippen LogP contribution is -2.32. The highest BCUT2D eigenvalue weighted by atomic mass is 35.5. The first-order valence-corrected chi connectivity index (χ1v) is 11.6. The minimum absolute atomic E-state index is 0.134. The molecular formula is C23H23ClF3N7O3. The molecule has 1 aliphatic heterocycles. The fourth-order valence-corrected chi connectivity index (χ4v) is 3.99. The molecule has 0 spiro atoms. The summed E-state index contributed by atoms with van der Waals surface area (Å²) in [5.74, 6) is -1.53. The number of aryl methyl sites for hydroxylation is 1. The quantitative estimate of drug-likeness (QED) is 0.407. The fraction of sp³-hybridized carbons (Fsp3) is 0.348. The maximum absolute atomic E-state index is 13.5. The third-order valence-corrected chi connectivity index (χ3v) is 5.65. The van der Waals surface area contributed by atoms with Crippen LogP contribution in [0.5, 0.6) is 5.88 Å². The number of aliphatic imine (C=N–C) groups is 1. The molecule has 3 heterocycles. The summed E-state index contributed by atoms with van der Waals surface area (Å²) in [6.07, 6.45) is 0.470. The summed E-state index contributed by atoms with van der Waals surface area (Å²) >= 11 is 6.35. The number of nitrogens with one attached hydrogen (secondary N) is 3. The molecule has 2 amide bonds. The highest BCUT2D eigenvalue weighted by Crippen LogP contribution is 2.30. The van der Waals surface area contributed by atoms with Crippen molar-refractivity contribution < 1.29 is 27.5 Å². The molecule has 4 rings (SSSR count). The van der Waals surface area contributed by atoms with Crippen molar-refractivity contribution in [3.05, 3.63) is 47.4 Å². The van der Waals surface area contributed by atoms with Gasteiger partial charge in [-0.25, -0.2) is 9.67 Å². The number of fused-ring (bicyclic) bond motifs is 1. The summed E-state index contributed by atoms with van der Waals surface area (Å²) in [6, 6.07) is 2.60. The molecule has 37 heavy (non-hydrogen) atoms. The van der Waals surface area contributed by atoms with Crippen molar-refractivity contribution in [3.8, 4) is 5.88 Å². The van der Waals surface area contributed by atoms with Crippen molar-refractivity contribution in [2.75, 3.05) is 11.9 Å². The Balaban J connectivity index is 1.77. The van der Waals surface area contributed by atoms with E-state index in [0.29, 0.717) is 22.9 Å². The molecule has 0 saturated carbocycles. The number of benzene rings is 1. The van der Waals surface area contributed by atoms with Crippen LogP contribution < -0.4 is 15.4 Å². The van der Waals surface area contributed by atoms with Crippen LogP contribution in [0, 0.1) is 6.92 Å². The number of aromatic nitrogens is 4. The van der Waals surface area contributed by atoms with Crippen molar-refractivity contribution in [2.24, 2.45) is 4.99 Å². The second-order valence-corrected chi connectivity index (χ2v) is 9.15. The zero-order valence-corrected chi connectivity index (χ0v) is 20.7. The van der Waals surface area contributed by atoms with E-state index in [2.05, 4.69) is 30.9 Å².